The monoisotopic (exact) mass is 277 g/mol. The van der Waals surface area contributed by atoms with E-state index in [1.807, 2.05) is 17.5 Å². The molecule has 1 fully saturated rings. The van der Waals surface area contributed by atoms with E-state index >= 15 is 0 Å². The van der Waals surface area contributed by atoms with Gasteiger partial charge in [-0.25, -0.2) is 0 Å². The fourth-order valence-corrected chi connectivity index (χ4v) is 2.96. The van der Waals surface area contributed by atoms with Crippen LogP contribution in [-0.2, 0) is 0 Å². The van der Waals surface area contributed by atoms with E-state index in [1.54, 1.807) is 0 Å². The highest BCUT2D eigenvalue weighted by molar-refractivity contribution is 7.13. The van der Waals surface area contributed by atoms with Crippen molar-refractivity contribution in [2.24, 2.45) is 0 Å². The van der Waals surface area contributed by atoms with Crippen LogP contribution in [0.2, 0.25) is 0 Å². The number of nitrogens with zero attached hydrogens (tertiary/aromatic N) is 2. The van der Waals surface area contributed by atoms with Crippen molar-refractivity contribution < 1.29 is 9.32 Å². The molecule has 2 aromatic heterocycles. The number of amides is 1. The number of carbonyl (C=O) groups excluding carboxylic acids is 1. The second-order valence-corrected chi connectivity index (χ2v) is 5.66. The molecule has 19 heavy (non-hydrogen) atoms. The molecule has 0 unspecified atom stereocenters. The molecule has 1 aliphatic carbocycles. The first-order valence-electron chi connectivity index (χ1n) is 6.51. The van der Waals surface area contributed by atoms with Crippen molar-refractivity contribution in [2.75, 3.05) is 0 Å². The van der Waals surface area contributed by atoms with Crippen LogP contribution in [-0.4, -0.2) is 22.1 Å². The molecule has 0 saturated heterocycles. The SMILES string of the molecule is O=C(NC1CCCCC1)c1nc(-c2cccs2)no1. The summed E-state index contributed by atoms with van der Waals surface area (Å²) in [5.74, 6) is 0.264. The van der Waals surface area contributed by atoms with Crippen molar-refractivity contribution in [3.05, 3.63) is 23.4 Å². The lowest BCUT2D eigenvalue weighted by molar-refractivity contribution is 0.0883. The van der Waals surface area contributed by atoms with Crippen LogP contribution in [0.5, 0.6) is 0 Å². The molecule has 0 bridgehead atoms. The summed E-state index contributed by atoms with van der Waals surface area (Å²) in [4.78, 5) is 17.0. The number of nitrogens with one attached hydrogen (secondary N) is 1. The first-order chi connectivity index (χ1) is 9.33. The summed E-state index contributed by atoms with van der Waals surface area (Å²) in [6.45, 7) is 0. The van der Waals surface area contributed by atoms with Gasteiger partial charge in [0.2, 0.25) is 5.82 Å². The minimum atomic E-state index is -0.262. The van der Waals surface area contributed by atoms with Gasteiger partial charge in [-0.15, -0.1) is 11.3 Å². The van der Waals surface area contributed by atoms with Gasteiger partial charge in [0.15, 0.2) is 0 Å². The van der Waals surface area contributed by atoms with E-state index in [0.29, 0.717) is 5.82 Å². The van der Waals surface area contributed by atoms with Crippen LogP contribution in [0.4, 0.5) is 0 Å². The van der Waals surface area contributed by atoms with E-state index in [2.05, 4.69) is 15.5 Å². The highest BCUT2D eigenvalue weighted by atomic mass is 32.1. The third-order valence-corrected chi connectivity index (χ3v) is 4.17. The van der Waals surface area contributed by atoms with E-state index in [0.717, 1.165) is 17.7 Å². The topological polar surface area (TPSA) is 68.0 Å². The Balaban J connectivity index is 1.67. The van der Waals surface area contributed by atoms with Gasteiger partial charge >= 0.3 is 11.8 Å². The summed E-state index contributed by atoms with van der Waals surface area (Å²) in [5.41, 5.74) is 0. The Bertz CT molecular complexity index is 544. The average molecular weight is 277 g/mol. The lowest BCUT2D eigenvalue weighted by Crippen LogP contribution is -2.36. The molecule has 2 aromatic rings. The molecule has 0 aromatic carbocycles. The van der Waals surface area contributed by atoms with Crippen molar-refractivity contribution in [3.8, 4) is 10.7 Å². The molecule has 3 rings (SSSR count). The van der Waals surface area contributed by atoms with Gasteiger partial charge in [0, 0.05) is 6.04 Å². The van der Waals surface area contributed by atoms with E-state index in [1.165, 1.54) is 30.6 Å². The van der Waals surface area contributed by atoms with Gasteiger partial charge in [0.1, 0.15) is 0 Å². The molecular formula is C13H15N3O2S. The number of carbonyl (C=O) groups is 1. The minimum absolute atomic E-state index is 0.0500. The van der Waals surface area contributed by atoms with Gasteiger partial charge in [0.25, 0.3) is 0 Å². The van der Waals surface area contributed by atoms with Crippen LogP contribution in [0.25, 0.3) is 10.7 Å². The third-order valence-electron chi connectivity index (χ3n) is 3.30. The number of rotatable bonds is 3. The zero-order chi connectivity index (χ0) is 13.1. The zero-order valence-corrected chi connectivity index (χ0v) is 11.3. The quantitative estimate of drug-likeness (QED) is 0.936. The molecule has 0 spiro atoms. The zero-order valence-electron chi connectivity index (χ0n) is 10.5. The van der Waals surface area contributed by atoms with Crippen LogP contribution < -0.4 is 5.32 Å². The molecule has 1 N–H and O–H groups in total. The molecule has 5 nitrogen and oxygen atoms in total. The fourth-order valence-electron chi connectivity index (χ4n) is 2.32. The highest BCUT2D eigenvalue weighted by Gasteiger charge is 2.21. The molecule has 1 saturated carbocycles. The molecular weight excluding hydrogens is 262 g/mol. The van der Waals surface area contributed by atoms with E-state index in [-0.39, 0.29) is 17.8 Å². The van der Waals surface area contributed by atoms with Gasteiger partial charge in [-0.2, -0.15) is 4.98 Å². The Hall–Kier alpha value is -1.69. The van der Waals surface area contributed by atoms with Crippen LogP contribution >= 0.6 is 11.3 Å². The molecule has 2 heterocycles. The molecule has 0 radical (unpaired) electrons. The number of hydrogen-bond donors (Lipinski definition) is 1. The van der Waals surface area contributed by atoms with Crippen LogP contribution in [0.1, 0.15) is 42.8 Å². The van der Waals surface area contributed by atoms with E-state index < -0.39 is 0 Å². The summed E-state index contributed by atoms with van der Waals surface area (Å²) in [6.07, 6.45) is 5.69. The second kappa shape index (κ2) is 5.52. The summed E-state index contributed by atoms with van der Waals surface area (Å²) in [7, 11) is 0. The Kier molecular flexibility index (Phi) is 3.59. The lowest BCUT2D eigenvalue weighted by Gasteiger charge is -2.21. The molecule has 0 atom stereocenters. The standard InChI is InChI=1S/C13H15N3O2S/c17-12(14-9-5-2-1-3-6-9)13-15-11(16-18-13)10-7-4-8-19-10/h4,7-9H,1-3,5-6H2,(H,14,17). The maximum atomic E-state index is 12.0. The second-order valence-electron chi connectivity index (χ2n) is 4.71. The van der Waals surface area contributed by atoms with Crippen molar-refractivity contribution in [1.82, 2.24) is 15.5 Å². The van der Waals surface area contributed by atoms with Gasteiger partial charge in [0.05, 0.1) is 4.88 Å². The third kappa shape index (κ3) is 2.84. The Morgan fingerprint density at radius 2 is 2.21 bits per heavy atom. The van der Waals surface area contributed by atoms with Gasteiger partial charge in [-0.3, -0.25) is 4.79 Å². The first-order valence-corrected chi connectivity index (χ1v) is 7.39. The van der Waals surface area contributed by atoms with Gasteiger partial charge in [-0.1, -0.05) is 30.5 Å². The van der Waals surface area contributed by atoms with Crippen LogP contribution in [0.3, 0.4) is 0 Å². The maximum Gasteiger partial charge on any atom is 0.316 e. The number of thiophene rings is 1. The smallest absolute Gasteiger partial charge is 0.316 e. The summed E-state index contributed by atoms with van der Waals surface area (Å²) < 4.78 is 5.03. The summed E-state index contributed by atoms with van der Waals surface area (Å²) >= 11 is 1.52. The predicted octanol–water partition coefficient (Wildman–Crippen LogP) is 2.86. The van der Waals surface area contributed by atoms with Crippen molar-refractivity contribution >= 4 is 17.2 Å². The number of aromatic nitrogens is 2. The molecule has 1 amide bonds. The lowest BCUT2D eigenvalue weighted by atomic mass is 9.95. The first kappa shape index (κ1) is 12.3. The Morgan fingerprint density at radius 3 is 2.95 bits per heavy atom. The summed E-state index contributed by atoms with van der Waals surface area (Å²) in [6, 6.07) is 4.06. The largest absolute Gasteiger partial charge is 0.345 e. The van der Waals surface area contributed by atoms with Crippen LogP contribution in [0, 0.1) is 0 Å². The van der Waals surface area contributed by atoms with E-state index in [9.17, 15) is 4.79 Å². The number of hydrogen-bond acceptors (Lipinski definition) is 5. The summed E-state index contributed by atoms with van der Waals surface area (Å²) in [5, 5.41) is 8.74. The van der Waals surface area contributed by atoms with Crippen LogP contribution in [0.15, 0.2) is 22.0 Å². The molecule has 1 aliphatic rings. The molecule has 0 aliphatic heterocycles. The molecule has 100 valence electrons. The normalized spacial score (nSPS) is 16.4. The predicted molar refractivity (Wildman–Crippen MR) is 72.0 cm³/mol. The van der Waals surface area contributed by atoms with Gasteiger partial charge in [-0.05, 0) is 24.3 Å². The maximum absolute atomic E-state index is 12.0. The van der Waals surface area contributed by atoms with E-state index in [4.69, 9.17) is 4.52 Å². The Morgan fingerprint density at radius 1 is 1.37 bits per heavy atom. The van der Waals surface area contributed by atoms with Crippen molar-refractivity contribution in [1.29, 1.82) is 0 Å². The minimum Gasteiger partial charge on any atom is -0.345 e. The van der Waals surface area contributed by atoms with Crippen molar-refractivity contribution in [2.45, 2.75) is 38.1 Å². The fraction of sp³-hybridized carbons (Fsp3) is 0.462. The van der Waals surface area contributed by atoms with Gasteiger partial charge < -0.3 is 9.84 Å². The Labute approximate surface area is 115 Å². The molecule has 6 heteroatoms. The average Bonchev–Trinajstić information content (AvgIpc) is 3.11. The van der Waals surface area contributed by atoms with Crippen molar-refractivity contribution in [3.63, 3.8) is 0 Å². The highest BCUT2D eigenvalue weighted by Crippen LogP contribution is 2.21.